The van der Waals surface area contributed by atoms with Gasteiger partial charge in [-0.1, -0.05) is 23.5 Å². The number of ether oxygens (including phenoxy) is 1. The van der Waals surface area contributed by atoms with E-state index >= 15 is 0 Å². The summed E-state index contributed by atoms with van der Waals surface area (Å²) in [6.07, 6.45) is 0.0627. The Balaban J connectivity index is 1.80. The number of methoxy groups -OCH3 is 1. The number of nitrogens with one attached hydrogen (secondary N) is 1. The molecule has 9 heteroatoms. The van der Waals surface area contributed by atoms with Crippen LogP contribution in [0.1, 0.15) is 23.0 Å². The van der Waals surface area contributed by atoms with Crippen molar-refractivity contribution in [2.75, 3.05) is 19.5 Å². The summed E-state index contributed by atoms with van der Waals surface area (Å²) >= 11 is 1.21. The lowest BCUT2D eigenvalue weighted by molar-refractivity contribution is -0.128. The van der Waals surface area contributed by atoms with E-state index in [1.165, 1.54) is 28.4 Å². The van der Waals surface area contributed by atoms with Gasteiger partial charge in [-0.2, -0.15) is 0 Å². The second-order valence-corrected chi connectivity index (χ2v) is 6.80. The van der Waals surface area contributed by atoms with Crippen molar-refractivity contribution in [3.05, 3.63) is 40.7 Å². The van der Waals surface area contributed by atoms with E-state index in [9.17, 15) is 14.0 Å². The summed E-state index contributed by atoms with van der Waals surface area (Å²) in [6.45, 7) is 0.310. The first kappa shape index (κ1) is 17.4. The third-order valence-corrected chi connectivity index (χ3v) is 4.89. The largest absolute Gasteiger partial charge is 0.377 e. The fraction of sp³-hybridized carbons (Fsp3) is 0.375. The van der Waals surface area contributed by atoms with Crippen LogP contribution < -0.4 is 5.32 Å². The summed E-state index contributed by atoms with van der Waals surface area (Å²) in [5.74, 6) is -1.54. The number of hydrogen-bond acceptors (Lipinski definition) is 6. The molecule has 0 bridgehead atoms. The van der Waals surface area contributed by atoms with E-state index in [1.807, 2.05) is 0 Å². The number of carbonyl (C=O) groups is 2. The van der Waals surface area contributed by atoms with Crippen molar-refractivity contribution in [2.24, 2.45) is 5.92 Å². The third-order valence-electron chi connectivity index (χ3n) is 4.08. The fourth-order valence-electron chi connectivity index (χ4n) is 2.94. The molecular formula is C16H17FN4O3S. The average Bonchev–Trinajstić information content (AvgIpc) is 3.13. The van der Waals surface area contributed by atoms with Crippen molar-refractivity contribution in [3.8, 4) is 0 Å². The number of amides is 2. The van der Waals surface area contributed by atoms with Gasteiger partial charge in [0, 0.05) is 20.6 Å². The molecule has 3 rings (SSSR count). The molecule has 1 aliphatic heterocycles. The van der Waals surface area contributed by atoms with Crippen molar-refractivity contribution < 1.29 is 18.7 Å². The number of nitrogens with zero attached hydrogens (tertiary/aromatic N) is 3. The predicted molar refractivity (Wildman–Crippen MR) is 89.3 cm³/mol. The molecule has 0 saturated carbocycles. The van der Waals surface area contributed by atoms with Gasteiger partial charge in [-0.3, -0.25) is 9.59 Å². The van der Waals surface area contributed by atoms with E-state index in [0.717, 1.165) is 0 Å². The summed E-state index contributed by atoms with van der Waals surface area (Å²) in [5.41, 5.74) is 0.589. The number of halogens is 1. The van der Waals surface area contributed by atoms with E-state index < -0.39 is 17.8 Å². The van der Waals surface area contributed by atoms with E-state index in [1.54, 1.807) is 26.3 Å². The Labute approximate surface area is 147 Å². The second kappa shape index (κ2) is 7.24. The number of hydrogen-bond donors (Lipinski definition) is 1. The SMILES string of the molecule is COCc1nnc(NC(=O)[C@@H]2CC(=O)N(C)[C@H]2c2cccc(F)c2)s1. The average molecular weight is 364 g/mol. The molecular weight excluding hydrogens is 347 g/mol. The van der Waals surface area contributed by atoms with Crippen LogP contribution in [0.4, 0.5) is 9.52 Å². The molecule has 0 unspecified atom stereocenters. The maximum atomic E-state index is 13.6. The Morgan fingerprint density at radius 2 is 2.28 bits per heavy atom. The molecule has 1 saturated heterocycles. The zero-order valence-electron chi connectivity index (χ0n) is 13.7. The molecule has 2 aromatic rings. The third kappa shape index (κ3) is 3.67. The zero-order valence-corrected chi connectivity index (χ0v) is 14.5. The molecule has 25 heavy (non-hydrogen) atoms. The van der Waals surface area contributed by atoms with Crippen LogP contribution in [0, 0.1) is 11.7 Å². The highest BCUT2D eigenvalue weighted by Crippen LogP contribution is 2.38. The Kier molecular flexibility index (Phi) is 5.05. The van der Waals surface area contributed by atoms with Crippen molar-refractivity contribution in [1.29, 1.82) is 0 Å². The van der Waals surface area contributed by atoms with E-state index in [0.29, 0.717) is 22.3 Å². The molecule has 7 nitrogen and oxygen atoms in total. The van der Waals surface area contributed by atoms with Crippen molar-refractivity contribution in [2.45, 2.75) is 19.1 Å². The van der Waals surface area contributed by atoms with Gasteiger partial charge in [-0.25, -0.2) is 4.39 Å². The van der Waals surface area contributed by atoms with Crippen molar-refractivity contribution in [3.63, 3.8) is 0 Å². The monoisotopic (exact) mass is 364 g/mol. The molecule has 132 valence electrons. The van der Waals surface area contributed by atoms with E-state index in [2.05, 4.69) is 15.5 Å². The highest BCUT2D eigenvalue weighted by molar-refractivity contribution is 7.15. The van der Waals surface area contributed by atoms with E-state index in [-0.39, 0.29) is 18.2 Å². The van der Waals surface area contributed by atoms with Crippen LogP contribution in [-0.4, -0.2) is 41.1 Å². The Morgan fingerprint density at radius 3 is 3.00 bits per heavy atom. The topological polar surface area (TPSA) is 84.4 Å². The molecule has 1 fully saturated rings. The zero-order chi connectivity index (χ0) is 18.0. The lowest BCUT2D eigenvalue weighted by Crippen LogP contribution is -2.30. The summed E-state index contributed by atoms with van der Waals surface area (Å²) in [5, 5.41) is 11.5. The van der Waals surface area contributed by atoms with Crippen LogP contribution in [-0.2, 0) is 20.9 Å². The smallest absolute Gasteiger partial charge is 0.232 e. The fourth-order valence-corrected chi connectivity index (χ4v) is 3.65. The molecule has 2 atom stereocenters. The van der Waals surface area contributed by atoms with Crippen LogP contribution in [0.5, 0.6) is 0 Å². The minimum Gasteiger partial charge on any atom is -0.377 e. The standard InChI is InChI=1S/C16H17FN4O3S/c1-21-13(22)7-11(14(21)9-4-3-5-10(17)6-9)15(23)18-16-20-19-12(25-16)8-24-2/h3-6,11,14H,7-8H2,1-2H3,(H,18,20,23)/t11-,14+/m1/s1. The van der Waals surface area contributed by atoms with Gasteiger partial charge >= 0.3 is 0 Å². The summed E-state index contributed by atoms with van der Waals surface area (Å²) in [7, 11) is 3.16. The molecule has 0 aliphatic carbocycles. The number of aromatic nitrogens is 2. The lowest BCUT2D eigenvalue weighted by atomic mass is 9.93. The molecule has 1 aromatic carbocycles. The molecule has 0 spiro atoms. The predicted octanol–water partition coefficient (Wildman–Crippen LogP) is 1.98. The minimum absolute atomic E-state index is 0.0627. The maximum absolute atomic E-state index is 13.6. The summed E-state index contributed by atoms with van der Waals surface area (Å²) in [6, 6.07) is 5.44. The second-order valence-electron chi connectivity index (χ2n) is 5.74. The molecule has 1 aromatic heterocycles. The van der Waals surface area contributed by atoms with Crippen molar-refractivity contribution in [1.82, 2.24) is 15.1 Å². The van der Waals surface area contributed by atoms with Crippen molar-refractivity contribution >= 4 is 28.3 Å². The molecule has 0 radical (unpaired) electrons. The first-order valence-corrected chi connectivity index (χ1v) is 8.44. The minimum atomic E-state index is -0.630. The normalized spacial score (nSPS) is 20.1. The van der Waals surface area contributed by atoms with Gasteiger partial charge < -0.3 is 15.0 Å². The van der Waals surface area contributed by atoms with Gasteiger partial charge in [0.15, 0.2) is 0 Å². The van der Waals surface area contributed by atoms with Gasteiger partial charge in [0.25, 0.3) is 0 Å². The van der Waals surface area contributed by atoms with Gasteiger partial charge in [0.1, 0.15) is 17.4 Å². The highest BCUT2D eigenvalue weighted by atomic mass is 32.1. The number of benzene rings is 1. The first-order valence-electron chi connectivity index (χ1n) is 7.63. The number of likely N-dealkylation sites (tertiary alicyclic amines) is 1. The van der Waals surface area contributed by atoms with Crippen LogP contribution in [0.2, 0.25) is 0 Å². The summed E-state index contributed by atoms with van der Waals surface area (Å²) in [4.78, 5) is 26.3. The highest BCUT2D eigenvalue weighted by Gasteiger charge is 2.43. The quantitative estimate of drug-likeness (QED) is 0.877. The maximum Gasteiger partial charge on any atom is 0.232 e. The summed E-state index contributed by atoms with van der Waals surface area (Å²) < 4.78 is 18.5. The number of rotatable bonds is 5. The van der Waals surface area contributed by atoms with Gasteiger partial charge in [0.2, 0.25) is 16.9 Å². The Bertz CT molecular complexity index is 797. The van der Waals surface area contributed by atoms with Gasteiger partial charge in [-0.15, -0.1) is 10.2 Å². The number of anilines is 1. The Morgan fingerprint density at radius 1 is 1.48 bits per heavy atom. The van der Waals surface area contributed by atoms with E-state index in [4.69, 9.17) is 4.74 Å². The molecule has 1 aliphatic rings. The van der Waals surface area contributed by atoms with Gasteiger partial charge in [-0.05, 0) is 17.7 Å². The lowest BCUT2D eigenvalue weighted by Gasteiger charge is -2.24. The molecule has 2 amide bonds. The van der Waals surface area contributed by atoms with Crippen LogP contribution in [0.15, 0.2) is 24.3 Å². The van der Waals surface area contributed by atoms with Gasteiger partial charge in [0.05, 0.1) is 12.0 Å². The number of carbonyl (C=O) groups excluding carboxylic acids is 2. The Hall–Kier alpha value is -2.39. The first-order chi connectivity index (χ1) is 12.0. The molecule has 1 N–H and O–H groups in total. The van der Waals surface area contributed by atoms with Crippen LogP contribution >= 0.6 is 11.3 Å². The van der Waals surface area contributed by atoms with Crippen LogP contribution in [0.3, 0.4) is 0 Å². The molecule has 2 heterocycles. The van der Waals surface area contributed by atoms with Crippen LogP contribution in [0.25, 0.3) is 0 Å².